The van der Waals surface area contributed by atoms with Crippen LogP contribution in [-0.2, 0) is 6.54 Å². The molecule has 0 saturated carbocycles. The molecule has 5 heteroatoms. The smallest absolute Gasteiger partial charge is 0.259 e. The minimum Gasteiger partial charge on any atom is -0.506 e. The molecule has 0 spiro atoms. The second-order valence-corrected chi connectivity index (χ2v) is 6.41. The van der Waals surface area contributed by atoms with Gasteiger partial charge in [0.2, 0.25) is 0 Å². The fourth-order valence-corrected chi connectivity index (χ4v) is 3.02. The zero-order valence-electron chi connectivity index (χ0n) is 15.1. The monoisotopic (exact) mass is 369 g/mol. The number of rotatable bonds is 5. The van der Waals surface area contributed by atoms with Crippen LogP contribution in [0.25, 0.3) is 11.3 Å². The van der Waals surface area contributed by atoms with E-state index in [1.165, 1.54) is 6.07 Å². The SMILES string of the molecule is O=C(Nc1ccccc1O)c1cn(Cc2ccccc2)nc1-c1ccccc1. The van der Waals surface area contributed by atoms with E-state index in [0.29, 0.717) is 23.5 Å². The summed E-state index contributed by atoms with van der Waals surface area (Å²) in [6.45, 7) is 0.560. The molecular weight excluding hydrogens is 350 g/mol. The fraction of sp³-hybridized carbons (Fsp3) is 0.0435. The highest BCUT2D eigenvalue weighted by atomic mass is 16.3. The molecule has 0 atom stereocenters. The highest BCUT2D eigenvalue weighted by Crippen LogP contribution is 2.26. The Labute approximate surface area is 162 Å². The van der Waals surface area contributed by atoms with Crippen molar-refractivity contribution in [2.45, 2.75) is 6.54 Å². The number of nitrogens with zero attached hydrogens (tertiary/aromatic N) is 2. The standard InChI is InChI=1S/C23H19N3O2/c27-21-14-8-7-13-20(21)24-23(28)19-16-26(15-17-9-3-1-4-10-17)25-22(19)18-11-5-2-6-12-18/h1-14,16,27H,15H2,(H,24,28). The van der Waals surface area contributed by atoms with Gasteiger partial charge in [-0.15, -0.1) is 0 Å². The van der Waals surface area contributed by atoms with Gasteiger partial charge in [-0.25, -0.2) is 0 Å². The summed E-state index contributed by atoms with van der Waals surface area (Å²) in [7, 11) is 0. The van der Waals surface area contributed by atoms with Crippen LogP contribution in [-0.4, -0.2) is 20.8 Å². The maximum Gasteiger partial charge on any atom is 0.259 e. The van der Waals surface area contributed by atoms with Gasteiger partial charge < -0.3 is 10.4 Å². The third-order valence-corrected chi connectivity index (χ3v) is 4.39. The van der Waals surface area contributed by atoms with Crippen molar-refractivity contribution in [1.29, 1.82) is 0 Å². The molecule has 4 rings (SSSR count). The normalized spacial score (nSPS) is 10.6. The summed E-state index contributed by atoms with van der Waals surface area (Å²) < 4.78 is 1.76. The second-order valence-electron chi connectivity index (χ2n) is 6.41. The van der Waals surface area contributed by atoms with E-state index < -0.39 is 0 Å². The summed E-state index contributed by atoms with van der Waals surface area (Å²) in [5.41, 5.74) is 3.37. The van der Waals surface area contributed by atoms with Crippen molar-refractivity contribution in [3.8, 4) is 17.0 Å². The topological polar surface area (TPSA) is 67.2 Å². The number of aromatic nitrogens is 2. The number of nitrogens with one attached hydrogen (secondary N) is 1. The van der Waals surface area contributed by atoms with Gasteiger partial charge >= 0.3 is 0 Å². The van der Waals surface area contributed by atoms with Gasteiger partial charge in [-0.2, -0.15) is 5.10 Å². The lowest BCUT2D eigenvalue weighted by Gasteiger charge is -2.07. The molecule has 1 heterocycles. The Morgan fingerprint density at radius 1 is 0.893 bits per heavy atom. The minimum atomic E-state index is -0.320. The Balaban J connectivity index is 1.70. The molecule has 138 valence electrons. The number of para-hydroxylation sites is 2. The third-order valence-electron chi connectivity index (χ3n) is 4.39. The number of carbonyl (C=O) groups excluding carboxylic acids is 1. The molecule has 0 bridgehead atoms. The molecule has 0 saturated heterocycles. The van der Waals surface area contributed by atoms with E-state index in [2.05, 4.69) is 10.4 Å². The van der Waals surface area contributed by atoms with Gasteiger partial charge in [-0.05, 0) is 17.7 Å². The first-order chi connectivity index (χ1) is 13.7. The van der Waals surface area contributed by atoms with E-state index in [-0.39, 0.29) is 11.7 Å². The molecule has 3 aromatic carbocycles. The van der Waals surface area contributed by atoms with Crippen LogP contribution in [0.15, 0.2) is 91.1 Å². The molecule has 0 unspecified atom stereocenters. The maximum absolute atomic E-state index is 13.0. The van der Waals surface area contributed by atoms with Crippen molar-refractivity contribution in [3.05, 3.63) is 102 Å². The average molecular weight is 369 g/mol. The van der Waals surface area contributed by atoms with Gasteiger partial charge in [0.1, 0.15) is 11.4 Å². The Bertz CT molecular complexity index is 1090. The first kappa shape index (κ1) is 17.5. The van der Waals surface area contributed by atoms with Crippen LogP contribution in [0, 0.1) is 0 Å². The number of phenolic OH excluding ortho intramolecular Hbond substituents is 1. The fourth-order valence-electron chi connectivity index (χ4n) is 3.02. The first-order valence-electron chi connectivity index (χ1n) is 8.97. The van der Waals surface area contributed by atoms with Crippen LogP contribution < -0.4 is 5.32 Å². The van der Waals surface area contributed by atoms with Crippen LogP contribution >= 0.6 is 0 Å². The van der Waals surface area contributed by atoms with E-state index in [1.54, 1.807) is 29.1 Å². The Morgan fingerprint density at radius 2 is 1.54 bits per heavy atom. The Morgan fingerprint density at radius 3 is 2.25 bits per heavy atom. The maximum atomic E-state index is 13.0. The summed E-state index contributed by atoms with van der Waals surface area (Å²) in [5.74, 6) is -0.298. The lowest BCUT2D eigenvalue weighted by molar-refractivity contribution is 0.102. The summed E-state index contributed by atoms with van der Waals surface area (Å²) in [6.07, 6.45) is 1.74. The molecule has 0 radical (unpaired) electrons. The molecular formula is C23H19N3O2. The summed E-state index contributed by atoms with van der Waals surface area (Å²) in [5, 5.41) is 17.4. The Kier molecular flexibility index (Phi) is 4.89. The van der Waals surface area contributed by atoms with Crippen molar-refractivity contribution in [2.75, 3.05) is 5.32 Å². The number of benzene rings is 3. The van der Waals surface area contributed by atoms with Gasteiger partial charge in [-0.3, -0.25) is 9.48 Å². The van der Waals surface area contributed by atoms with E-state index in [0.717, 1.165) is 11.1 Å². The summed E-state index contributed by atoms with van der Waals surface area (Å²) in [4.78, 5) is 13.0. The van der Waals surface area contributed by atoms with Gasteiger partial charge in [0, 0.05) is 11.8 Å². The number of carbonyl (C=O) groups is 1. The predicted molar refractivity (Wildman–Crippen MR) is 109 cm³/mol. The van der Waals surface area contributed by atoms with E-state index in [9.17, 15) is 9.90 Å². The van der Waals surface area contributed by atoms with Crippen molar-refractivity contribution >= 4 is 11.6 Å². The van der Waals surface area contributed by atoms with Crippen LogP contribution in [0.2, 0.25) is 0 Å². The number of hydrogen-bond acceptors (Lipinski definition) is 3. The number of phenols is 1. The van der Waals surface area contributed by atoms with Gasteiger partial charge in [-0.1, -0.05) is 72.8 Å². The van der Waals surface area contributed by atoms with Crippen LogP contribution in [0.3, 0.4) is 0 Å². The van der Waals surface area contributed by atoms with Crippen LogP contribution in [0.4, 0.5) is 5.69 Å². The molecule has 1 amide bonds. The van der Waals surface area contributed by atoms with Crippen molar-refractivity contribution in [2.24, 2.45) is 0 Å². The first-order valence-corrected chi connectivity index (χ1v) is 8.97. The van der Waals surface area contributed by atoms with E-state index in [4.69, 9.17) is 0 Å². The number of anilines is 1. The quantitative estimate of drug-likeness (QED) is 0.507. The Hall–Kier alpha value is -3.86. The van der Waals surface area contributed by atoms with Crippen LogP contribution in [0.1, 0.15) is 15.9 Å². The van der Waals surface area contributed by atoms with Crippen molar-refractivity contribution in [1.82, 2.24) is 9.78 Å². The number of amides is 1. The summed E-state index contributed by atoms with van der Waals surface area (Å²) in [6, 6.07) is 26.2. The highest BCUT2D eigenvalue weighted by molar-refractivity contribution is 6.08. The number of aromatic hydroxyl groups is 1. The molecule has 1 aromatic heterocycles. The lowest BCUT2D eigenvalue weighted by atomic mass is 10.1. The third kappa shape index (κ3) is 3.78. The largest absolute Gasteiger partial charge is 0.506 e. The zero-order chi connectivity index (χ0) is 19.3. The van der Waals surface area contributed by atoms with Crippen molar-refractivity contribution < 1.29 is 9.90 Å². The second kappa shape index (κ2) is 7.80. The molecule has 0 aliphatic carbocycles. The lowest BCUT2D eigenvalue weighted by Crippen LogP contribution is -2.12. The molecule has 0 aliphatic rings. The van der Waals surface area contributed by atoms with Crippen LogP contribution in [0.5, 0.6) is 5.75 Å². The molecule has 0 fully saturated rings. The summed E-state index contributed by atoms with van der Waals surface area (Å²) >= 11 is 0. The van der Waals surface area contributed by atoms with Gasteiger partial charge in [0.05, 0.1) is 17.8 Å². The van der Waals surface area contributed by atoms with Gasteiger partial charge in [0.25, 0.3) is 5.91 Å². The van der Waals surface area contributed by atoms with E-state index >= 15 is 0 Å². The molecule has 5 nitrogen and oxygen atoms in total. The number of hydrogen-bond donors (Lipinski definition) is 2. The average Bonchev–Trinajstić information content (AvgIpc) is 3.15. The molecule has 0 aliphatic heterocycles. The van der Waals surface area contributed by atoms with E-state index in [1.807, 2.05) is 60.7 Å². The highest BCUT2D eigenvalue weighted by Gasteiger charge is 2.19. The molecule has 28 heavy (non-hydrogen) atoms. The minimum absolute atomic E-state index is 0.0220. The predicted octanol–water partition coefficient (Wildman–Crippen LogP) is 4.56. The molecule has 4 aromatic rings. The molecule has 2 N–H and O–H groups in total. The zero-order valence-corrected chi connectivity index (χ0v) is 15.1. The van der Waals surface area contributed by atoms with Crippen molar-refractivity contribution in [3.63, 3.8) is 0 Å². The van der Waals surface area contributed by atoms with Gasteiger partial charge in [0.15, 0.2) is 0 Å².